The van der Waals surface area contributed by atoms with Gasteiger partial charge in [0.05, 0.1) is 17.8 Å². The fourth-order valence-corrected chi connectivity index (χ4v) is 5.33. The fourth-order valence-electron chi connectivity index (χ4n) is 5.33. The van der Waals surface area contributed by atoms with Crippen molar-refractivity contribution in [2.45, 2.75) is 44.2 Å². The van der Waals surface area contributed by atoms with Gasteiger partial charge in [-0.15, -0.1) is 0 Å². The molecule has 2 aromatic carbocycles. The number of pyridine rings is 1. The van der Waals surface area contributed by atoms with Crippen molar-refractivity contribution in [2.75, 3.05) is 13.1 Å². The number of carbonyl (C=O) groups is 1. The van der Waals surface area contributed by atoms with Crippen LogP contribution in [-0.2, 0) is 18.4 Å². The molecule has 196 valence electrons. The molecule has 3 heterocycles. The molecular weight excluding hydrogens is 476 g/mol. The van der Waals surface area contributed by atoms with Crippen molar-refractivity contribution < 1.29 is 9.90 Å². The second-order valence-electron chi connectivity index (χ2n) is 10.4. The average molecular weight is 511 g/mol. The van der Waals surface area contributed by atoms with Gasteiger partial charge in [-0.1, -0.05) is 67.6 Å². The monoisotopic (exact) mass is 510 g/mol. The number of aryl methyl sites for hydroxylation is 1. The molecule has 1 aliphatic heterocycles. The van der Waals surface area contributed by atoms with Gasteiger partial charge in [-0.3, -0.25) is 14.3 Å². The van der Waals surface area contributed by atoms with E-state index in [4.69, 9.17) is 0 Å². The lowest BCUT2D eigenvalue weighted by atomic mass is 9.90. The lowest BCUT2D eigenvalue weighted by Crippen LogP contribution is -2.49. The molecular formula is C31H34N4O3. The van der Waals surface area contributed by atoms with Gasteiger partial charge in [-0.2, -0.15) is 5.10 Å². The first kappa shape index (κ1) is 25.7. The molecule has 2 aromatic heterocycles. The highest BCUT2D eigenvalue weighted by Gasteiger charge is 2.35. The van der Waals surface area contributed by atoms with Crippen LogP contribution in [0.2, 0.25) is 0 Å². The molecule has 1 amide bonds. The molecule has 4 aromatic rings. The minimum atomic E-state index is -1.07. The summed E-state index contributed by atoms with van der Waals surface area (Å²) < 4.78 is 3.38. The Kier molecular flexibility index (Phi) is 7.29. The van der Waals surface area contributed by atoms with Crippen LogP contribution < -0.4 is 5.56 Å². The van der Waals surface area contributed by atoms with E-state index < -0.39 is 5.60 Å². The summed E-state index contributed by atoms with van der Waals surface area (Å²) in [7, 11) is 1.87. The molecule has 5 rings (SSSR count). The summed E-state index contributed by atoms with van der Waals surface area (Å²) in [6, 6.07) is 23.4. The van der Waals surface area contributed by atoms with Crippen LogP contribution >= 0.6 is 0 Å². The molecule has 1 fully saturated rings. The second-order valence-corrected chi connectivity index (χ2v) is 10.4. The summed E-state index contributed by atoms with van der Waals surface area (Å²) in [6.07, 6.45) is 4.85. The first-order valence-corrected chi connectivity index (χ1v) is 13.2. The summed E-state index contributed by atoms with van der Waals surface area (Å²) in [4.78, 5) is 28.0. The molecule has 1 saturated heterocycles. The molecule has 1 atom stereocenters. The Labute approximate surface area is 223 Å². The molecule has 0 bridgehead atoms. The summed E-state index contributed by atoms with van der Waals surface area (Å²) >= 11 is 0. The van der Waals surface area contributed by atoms with Crippen molar-refractivity contribution in [3.05, 3.63) is 101 Å². The third-order valence-corrected chi connectivity index (χ3v) is 7.67. The number of piperidine rings is 1. The second kappa shape index (κ2) is 10.8. The van der Waals surface area contributed by atoms with Crippen LogP contribution in [0.3, 0.4) is 0 Å². The molecule has 1 aliphatic rings. The minimum absolute atomic E-state index is 0.103. The van der Waals surface area contributed by atoms with E-state index in [9.17, 15) is 14.7 Å². The Morgan fingerprint density at radius 2 is 1.66 bits per heavy atom. The van der Waals surface area contributed by atoms with Crippen LogP contribution in [0.4, 0.5) is 0 Å². The van der Waals surface area contributed by atoms with Gasteiger partial charge in [-0.25, -0.2) is 0 Å². The predicted molar refractivity (Wildman–Crippen MR) is 149 cm³/mol. The van der Waals surface area contributed by atoms with E-state index in [-0.39, 0.29) is 23.9 Å². The number of hydrogen-bond donors (Lipinski definition) is 1. The van der Waals surface area contributed by atoms with Gasteiger partial charge in [0.15, 0.2) is 0 Å². The Hall–Kier alpha value is -3.97. The normalized spacial score (nSPS) is 15.8. The van der Waals surface area contributed by atoms with Gasteiger partial charge in [0.25, 0.3) is 5.56 Å². The third-order valence-electron chi connectivity index (χ3n) is 7.67. The Morgan fingerprint density at radius 3 is 2.29 bits per heavy atom. The average Bonchev–Trinajstić information content (AvgIpc) is 3.36. The molecule has 0 radical (unpaired) electrons. The first-order chi connectivity index (χ1) is 18.3. The van der Waals surface area contributed by atoms with Crippen LogP contribution in [0, 0.1) is 0 Å². The van der Waals surface area contributed by atoms with E-state index >= 15 is 0 Å². The van der Waals surface area contributed by atoms with Crippen LogP contribution in [0.1, 0.15) is 37.7 Å². The van der Waals surface area contributed by atoms with Gasteiger partial charge < -0.3 is 14.6 Å². The van der Waals surface area contributed by atoms with E-state index in [0.717, 1.165) is 27.9 Å². The third kappa shape index (κ3) is 5.48. The molecule has 7 heteroatoms. The van der Waals surface area contributed by atoms with Gasteiger partial charge >= 0.3 is 0 Å². The molecule has 0 saturated carbocycles. The van der Waals surface area contributed by atoms with Crippen LogP contribution in [0.25, 0.3) is 22.4 Å². The summed E-state index contributed by atoms with van der Waals surface area (Å²) in [6.45, 7) is 3.19. The molecule has 0 aliphatic carbocycles. The van der Waals surface area contributed by atoms with Crippen LogP contribution in [0.5, 0.6) is 0 Å². The lowest BCUT2D eigenvalue weighted by Gasteiger charge is -2.39. The number of likely N-dealkylation sites (tertiary alicyclic amines) is 1. The van der Waals surface area contributed by atoms with Crippen molar-refractivity contribution in [3.63, 3.8) is 0 Å². The highest BCUT2D eigenvalue weighted by atomic mass is 16.3. The molecule has 1 N–H and O–H groups in total. The Bertz CT molecular complexity index is 1450. The number of aliphatic hydroxyl groups is 1. The fraction of sp³-hybridized carbons (Fsp3) is 0.323. The van der Waals surface area contributed by atoms with Gasteiger partial charge in [-0.05, 0) is 41.5 Å². The smallest absolute Gasteiger partial charge is 0.251 e. The number of rotatable bonds is 7. The van der Waals surface area contributed by atoms with E-state index in [0.29, 0.717) is 32.4 Å². The van der Waals surface area contributed by atoms with Crippen molar-refractivity contribution >= 4 is 5.91 Å². The maximum Gasteiger partial charge on any atom is 0.251 e. The maximum absolute atomic E-state index is 13.2. The van der Waals surface area contributed by atoms with E-state index in [2.05, 4.69) is 12.0 Å². The quantitative estimate of drug-likeness (QED) is 0.398. The lowest BCUT2D eigenvalue weighted by molar-refractivity contribution is -0.136. The SMILES string of the molecule is CC(CC(=O)N1CCC(O)(Cn2cc(-c3ccnn3C)c(-c3ccccc3)cc2=O)CC1)c1ccccc1. The van der Waals surface area contributed by atoms with Crippen molar-refractivity contribution in [3.8, 4) is 22.4 Å². The molecule has 1 unspecified atom stereocenters. The number of nitrogens with zero attached hydrogens (tertiary/aromatic N) is 4. The number of benzene rings is 2. The summed E-state index contributed by atoms with van der Waals surface area (Å²) in [5.74, 6) is 0.239. The molecule has 0 spiro atoms. The zero-order valence-corrected chi connectivity index (χ0v) is 22.0. The predicted octanol–water partition coefficient (Wildman–Crippen LogP) is 4.46. The molecule has 7 nitrogen and oxygen atoms in total. The summed E-state index contributed by atoms with van der Waals surface area (Å²) in [5, 5.41) is 15.8. The highest BCUT2D eigenvalue weighted by molar-refractivity contribution is 5.81. The minimum Gasteiger partial charge on any atom is -0.388 e. The first-order valence-electron chi connectivity index (χ1n) is 13.2. The zero-order valence-electron chi connectivity index (χ0n) is 22.0. The Balaban J connectivity index is 1.32. The maximum atomic E-state index is 13.2. The van der Waals surface area contributed by atoms with Crippen molar-refractivity contribution in [2.24, 2.45) is 7.05 Å². The number of amides is 1. The van der Waals surface area contributed by atoms with E-state index in [1.54, 1.807) is 21.5 Å². The largest absolute Gasteiger partial charge is 0.388 e. The topological polar surface area (TPSA) is 80.4 Å². The summed E-state index contributed by atoms with van der Waals surface area (Å²) in [5.41, 5.74) is 3.46. The van der Waals surface area contributed by atoms with Crippen molar-refractivity contribution in [1.82, 2.24) is 19.2 Å². The Morgan fingerprint density at radius 1 is 1.00 bits per heavy atom. The number of aromatic nitrogens is 3. The van der Waals surface area contributed by atoms with Gasteiger partial charge in [0.1, 0.15) is 0 Å². The standard InChI is InChI=1S/C31H34N4O3/c1-23(24-9-5-3-6-10-24)19-29(36)34-17-14-31(38,15-18-34)22-35-21-27(28-13-16-32-33(28)2)26(20-30(35)37)25-11-7-4-8-12-25/h3-13,16,20-21,23,38H,14-15,17-19,22H2,1-2H3. The number of carbonyl (C=O) groups excluding carboxylic acids is 1. The van der Waals surface area contributed by atoms with Crippen LogP contribution in [0.15, 0.2) is 90.0 Å². The van der Waals surface area contributed by atoms with E-state index in [1.807, 2.05) is 84.9 Å². The molecule has 38 heavy (non-hydrogen) atoms. The van der Waals surface area contributed by atoms with Gasteiger partial charge in [0, 0.05) is 50.6 Å². The van der Waals surface area contributed by atoms with Gasteiger partial charge in [0.2, 0.25) is 5.91 Å². The van der Waals surface area contributed by atoms with Crippen LogP contribution in [-0.4, -0.2) is 49.0 Å². The highest BCUT2D eigenvalue weighted by Crippen LogP contribution is 2.32. The van der Waals surface area contributed by atoms with E-state index in [1.165, 1.54) is 0 Å². The zero-order chi connectivity index (χ0) is 26.7. The van der Waals surface area contributed by atoms with Crippen molar-refractivity contribution in [1.29, 1.82) is 0 Å². The number of hydrogen-bond acceptors (Lipinski definition) is 4.